The molecule has 2 bridgehead atoms. The molecule has 1 heterocycles. The van der Waals surface area contributed by atoms with Crippen LogP contribution in [0.5, 0.6) is 0 Å². The monoisotopic (exact) mass is 789 g/mol. The van der Waals surface area contributed by atoms with Gasteiger partial charge in [-0.15, -0.1) is 0 Å². The van der Waals surface area contributed by atoms with Crippen molar-refractivity contribution >= 4 is 40.1 Å². The Labute approximate surface area is 324 Å². The van der Waals surface area contributed by atoms with E-state index in [0.717, 1.165) is 0 Å². The molecule has 1 saturated heterocycles. The zero-order valence-corrected chi connectivity index (χ0v) is 35.5. The van der Waals surface area contributed by atoms with Gasteiger partial charge in [0.25, 0.3) is 0 Å². The number of aliphatic hydroxyl groups is 1. The minimum atomic E-state index is -2.20. The van der Waals surface area contributed by atoms with Crippen LogP contribution in [0, 0.1) is 16.7 Å². The normalized spacial score (nSPS) is 34.9. The Morgan fingerprint density at radius 3 is 2.24 bits per heavy atom. The molecule has 1 aromatic rings. The van der Waals surface area contributed by atoms with E-state index in [1.54, 1.807) is 83.9 Å². The molecule has 3 aliphatic carbocycles. The third-order valence-corrected chi connectivity index (χ3v) is 13.2. The third-order valence-electron chi connectivity index (χ3n) is 12.7. The van der Waals surface area contributed by atoms with E-state index in [1.807, 2.05) is 0 Å². The molecule has 10 unspecified atom stereocenters. The van der Waals surface area contributed by atoms with Crippen molar-refractivity contribution in [1.29, 1.82) is 0 Å². The molecule has 3 fully saturated rings. The predicted octanol–water partition coefficient (Wildman–Crippen LogP) is 1.10. The Hall–Kier alpha value is -3.51. The molecule has 1 N–H and O–H groups in total. The SMILES string of the molecule is COCC(=O)OC1C(=O)[C@]2(C)C(O[SiH3])CC3OCC3(OC(C)=O)C2C(OC(=O)c2ccccc2)C2(O)CC(OC(=O)C(OC)C(C)N(C)C)C(C)=C1C2(C)C. The van der Waals surface area contributed by atoms with Crippen LogP contribution in [0.3, 0.4) is 0 Å². The number of rotatable bonds is 12. The lowest BCUT2D eigenvalue weighted by Crippen LogP contribution is -2.82. The molecule has 16 heteroatoms. The van der Waals surface area contributed by atoms with Gasteiger partial charge < -0.3 is 47.6 Å². The summed E-state index contributed by atoms with van der Waals surface area (Å²) in [6, 6.07) is 7.71. The molecular formula is C39H55NO14Si. The first-order chi connectivity index (χ1) is 25.8. The molecule has 11 atom stereocenters. The largest absolute Gasteiger partial charge is 0.456 e. The fourth-order valence-corrected chi connectivity index (χ4v) is 10.1. The molecule has 0 aromatic heterocycles. The van der Waals surface area contributed by atoms with Gasteiger partial charge in [0.2, 0.25) is 0 Å². The summed E-state index contributed by atoms with van der Waals surface area (Å²) in [6.07, 6.45) is -7.56. The van der Waals surface area contributed by atoms with Gasteiger partial charge in [0, 0.05) is 45.4 Å². The molecule has 2 saturated carbocycles. The average Bonchev–Trinajstić information content (AvgIpc) is 3.11. The Morgan fingerprint density at radius 2 is 1.71 bits per heavy atom. The summed E-state index contributed by atoms with van der Waals surface area (Å²) in [4.78, 5) is 72.1. The lowest BCUT2D eigenvalue weighted by atomic mass is 9.44. The number of esters is 4. The van der Waals surface area contributed by atoms with Gasteiger partial charge in [-0.3, -0.25) is 9.59 Å². The van der Waals surface area contributed by atoms with Gasteiger partial charge in [0.1, 0.15) is 41.0 Å². The second-order valence-electron chi connectivity index (χ2n) is 16.1. The van der Waals surface area contributed by atoms with E-state index < -0.39 is 107 Å². The molecule has 5 rings (SSSR count). The smallest absolute Gasteiger partial charge is 0.338 e. The maximum atomic E-state index is 15.7. The van der Waals surface area contributed by atoms with Crippen LogP contribution >= 0.6 is 0 Å². The van der Waals surface area contributed by atoms with E-state index in [-0.39, 0.29) is 41.1 Å². The summed E-state index contributed by atoms with van der Waals surface area (Å²) in [5, 5.41) is 13.7. The highest BCUT2D eigenvalue weighted by Crippen LogP contribution is 2.64. The van der Waals surface area contributed by atoms with Gasteiger partial charge >= 0.3 is 23.9 Å². The first-order valence-electron chi connectivity index (χ1n) is 18.4. The minimum Gasteiger partial charge on any atom is -0.456 e. The predicted molar refractivity (Wildman–Crippen MR) is 198 cm³/mol. The summed E-state index contributed by atoms with van der Waals surface area (Å²) < 4.78 is 47.8. The third kappa shape index (κ3) is 6.97. The molecule has 0 radical (unpaired) electrons. The van der Waals surface area contributed by atoms with Crippen molar-refractivity contribution in [2.45, 2.75) is 108 Å². The maximum Gasteiger partial charge on any atom is 0.338 e. The Bertz CT molecular complexity index is 1700. The number of benzene rings is 1. The number of carbonyl (C=O) groups excluding carboxylic acids is 5. The number of methoxy groups -OCH3 is 2. The molecule has 304 valence electrons. The highest BCUT2D eigenvalue weighted by Gasteiger charge is 2.78. The van der Waals surface area contributed by atoms with Crippen LogP contribution in [-0.2, 0) is 56.8 Å². The van der Waals surface area contributed by atoms with E-state index in [1.165, 1.54) is 21.1 Å². The molecule has 4 aliphatic rings. The second-order valence-corrected chi connectivity index (χ2v) is 16.5. The number of ketones is 1. The highest BCUT2D eigenvalue weighted by atomic mass is 28.2. The number of ether oxygens (including phenoxy) is 7. The summed E-state index contributed by atoms with van der Waals surface area (Å²) in [7, 11) is 6.40. The van der Waals surface area contributed by atoms with Crippen molar-refractivity contribution in [2.24, 2.45) is 16.7 Å². The van der Waals surface area contributed by atoms with Crippen molar-refractivity contribution in [3.05, 3.63) is 47.0 Å². The summed E-state index contributed by atoms with van der Waals surface area (Å²) >= 11 is 0. The van der Waals surface area contributed by atoms with E-state index in [4.69, 9.17) is 37.6 Å². The topological polar surface area (TPSA) is 183 Å². The Kier molecular flexibility index (Phi) is 12.2. The summed E-state index contributed by atoms with van der Waals surface area (Å²) in [6.45, 7) is 8.90. The quantitative estimate of drug-likeness (QED) is 0.138. The number of nitrogens with zero attached hydrogens (tertiary/aromatic N) is 1. The molecule has 1 aliphatic heterocycles. The Balaban J connectivity index is 1.84. The first-order valence-corrected chi connectivity index (χ1v) is 19.2. The number of hydrogen-bond donors (Lipinski definition) is 1. The molecule has 0 spiro atoms. The average molecular weight is 790 g/mol. The van der Waals surface area contributed by atoms with Crippen molar-refractivity contribution in [1.82, 2.24) is 4.90 Å². The lowest BCUT2D eigenvalue weighted by Gasteiger charge is -2.68. The van der Waals surface area contributed by atoms with Crippen LogP contribution in [0.25, 0.3) is 0 Å². The van der Waals surface area contributed by atoms with Gasteiger partial charge in [-0.05, 0) is 58.1 Å². The standard InChI is InChI=1S/C39H55NO14Si/c1-20-24(50-35(45)29(48-10)21(2)40(7)8)17-39(46)33(52-34(44)23-14-12-11-13-15-23)31-37(6,25(54-55)16-26-38(31,19-49-26)53-22(3)41)32(43)30(28(20)36(39,4)5)51-27(42)18-47-9/h11-15,21,24-26,29-31,33,46H,16-19H2,1-10,55H3/t21?,24?,25?,26?,29?,30?,31?,33?,37-,38?,39?/m1/s1. The molecule has 55 heavy (non-hydrogen) atoms. The number of fused-ring (bicyclic) bond motifs is 5. The van der Waals surface area contributed by atoms with Crippen molar-refractivity contribution < 1.29 is 66.7 Å². The van der Waals surface area contributed by atoms with Crippen LogP contribution in [0.2, 0.25) is 0 Å². The van der Waals surface area contributed by atoms with Gasteiger partial charge in [-0.25, -0.2) is 14.4 Å². The summed E-state index contributed by atoms with van der Waals surface area (Å²) in [5.74, 6) is -5.11. The second kappa shape index (κ2) is 15.8. The van der Waals surface area contributed by atoms with E-state index in [9.17, 15) is 24.3 Å². The Morgan fingerprint density at radius 1 is 1.05 bits per heavy atom. The first kappa shape index (κ1) is 42.6. The summed E-state index contributed by atoms with van der Waals surface area (Å²) in [5.41, 5.74) is -6.42. The van der Waals surface area contributed by atoms with Crippen LogP contribution < -0.4 is 0 Å². The van der Waals surface area contributed by atoms with Crippen molar-refractivity contribution in [3.8, 4) is 0 Å². The van der Waals surface area contributed by atoms with Crippen LogP contribution in [0.1, 0.15) is 64.7 Å². The molecule has 0 amide bonds. The van der Waals surface area contributed by atoms with Crippen LogP contribution in [0.4, 0.5) is 0 Å². The molecule has 1 aromatic carbocycles. The number of carbonyl (C=O) groups is 5. The van der Waals surface area contributed by atoms with Gasteiger partial charge in [0.05, 0.1) is 29.6 Å². The van der Waals surface area contributed by atoms with Crippen LogP contribution in [-0.4, -0.2) is 146 Å². The molecular weight excluding hydrogens is 735 g/mol. The highest BCUT2D eigenvalue weighted by molar-refractivity contribution is 6.00. The van der Waals surface area contributed by atoms with E-state index in [2.05, 4.69) is 0 Å². The number of Topliss-reactive ketones (excluding diaryl/α,β-unsaturated/α-hetero) is 1. The maximum absolute atomic E-state index is 15.7. The van der Waals surface area contributed by atoms with Crippen molar-refractivity contribution in [3.63, 3.8) is 0 Å². The number of likely N-dealkylation sites (N-methyl/N-ethyl adjacent to an activating group) is 1. The molecule has 15 nitrogen and oxygen atoms in total. The van der Waals surface area contributed by atoms with Crippen molar-refractivity contribution in [2.75, 3.05) is 41.5 Å². The van der Waals surface area contributed by atoms with E-state index in [0.29, 0.717) is 5.57 Å². The van der Waals surface area contributed by atoms with Gasteiger partial charge in [0.15, 0.2) is 23.6 Å². The van der Waals surface area contributed by atoms with Gasteiger partial charge in [-0.2, -0.15) is 0 Å². The lowest BCUT2D eigenvalue weighted by molar-refractivity contribution is -0.344. The van der Waals surface area contributed by atoms with Gasteiger partial charge in [-0.1, -0.05) is 32.0 Å². The fourth-order valence-electron chi connectivity index (χ4n) is 9.42. The zero-order chi connectivity index (χ0) is 40.8. The number of hydrogen-bond acceptors (Lipinski definition) is 15. The van der Waals surface area contributed by atoms with E-state index >= 15 is 4.79 Å². The minimum absolute atomic E-state index is 0.107. The van der Waals surface area contributed by atoms with Crippen LogP contribution in [0.15, 0.2) is 41.5 Å². The fraction of sp³-hybridized carbons (Fsp3) is 0.667. The zero-order valence-electron chi connectivity index (χ0n) is 33.5.